The first-order valence-electron chi connectivity index (χ1n) is 6.28. The van der Waals surface area contributed by atoms with E-state index in [-0.39, 0.29) is 5.91 Å². The maximum Gasteiger partial charge on any atom is 0.265 e. The number of primary amides is 1. The van der Waals surface area contributed by atoms with Gasteiger partial charge in [-0.25, -0.2) is 0 Å². The van der Waals surface area contributed by atoms with Gasteiger partial charge in [0.05, 0.1) is 0 Å². The number of aromatic nitrogens is 1. The van der Waals surface area contributed by atoms with Gasteiger partial charge in [0.2, 0.25) is 0 Å². The van der Waals surface area contributed by atoms with Crippen LogP contribution in [0.25, 0.3) is 10.9 Å². The summed E-state index contributed by atoms with van der Waals surface area (Å²) in [6.07, 6.45) is 1.06. The summed E-state index contributed by atoms with van der Waals surface area (Å²) in [5.74, 6) is 0.0502. The van der Waals surface area contributed by atoms with Crippen molar-refractivity contribution in [2.75, 3.05) is 13.1 Å². The number of para-hydroxylation sites is 1. The summed E-state index contributed by atoms with van der Waals surface area (Å²) in [6.45, 7) is 1.93. The number of carbonyl (C=O) groups excluding carboxylic acids is 1. The lowest BCUT2D eigenvalue weighted by molar-refractivity contribution is 0.0991. The van der Waals surface area contributed by atoms with E-state index in [0.29, 0.717) is 11.6 Å². The highest BCUT2D eigenvalue weighted by Crippen LogP contribution is 2.34. The molecule has 0 bridgehead atoms. The standard InChI is InChI=1S/C14H17N3O/c1-17-11-5-3-2-4-10(11)12(13(17)14(15)18)9-6-7-16-8-9/h2-5,9,16H,6-8H2,1H3,(H2,15,18). The summed E-state index contributed by atoms with van der Waals surface area (Å²) in [6, 6.07) is 8.12. The Morgan fingerprint density at radius 3 is 2.89 bits per heavy atom. The minimum atomic E-state index is -0.337. The lowest BCUT2D eigenvalue weighted by atomic mass is 9.95. The number of nitrogens with two attached hydrogens (primary N) is 1. The van der Waals surface area contributed by atoms with Crippen LogP contribution in [0.15, 0.2) is 24.3 Å². The van der Waals surface area contributed by atoms with Gasteiger partial charge in [0.25, 0.3) is 5.91 Å². The molecule has 0 spiro atoms. The maximum absolute atomic E-state index is 11.7. The molecule has 1 fully saturated rings. The molecule has 1 atom stereocenters. The Morgan fingerprint density at radius 1 is 1.44 bits per heavy atom. The number of amides is 1. The summed E-state index contributed by atoms with van der Waals surface area (Å²) in [5.41, 5.74) is 8.42. The van der Waals surface area contributed by atoms with E-state index in [2.05, 4.69) is 11.4 Å². The number of nitrogens with zero attached hydrogens (tertiary/aromatic N) is 1. The predicted octanol–water partition coefficient (Wildman–Crippen LogP) is 1.35. The molecular weight excluding hydrogens is 226 g/mol. The van der Waals surface area contributed by atoms with Gasteiger partial charge in [-0.1, -0.05) is 18.2 Å². The van der Waals surface area contributed by atoms with Crippen molar-refractivity contribution in [1.29, 1.82) is 0 Å². The number of fused-ring (bicyclic) bond motifs is 1. The second-order valence-electron chi connectivity index (χ2n) is 4.89. The SMILES string of the molecule is Cn1c(C(N)=O)c(C2CCNC2)c2ccccc21. The second kappa shape index (κ2) is 4.14. The number of rotatable bonds is 2. The van der Waals surface area contributed by atoms with Crippen LogP contribution in [0.1, 0.15) is 28.4 Å². The number of hydrogen-bond acceptors (Lipinski definition) is 2. The van der Waals surface area contributed by atoms with Crippen LogP contribution < -0.4 is 11.1 Å². The van der Waals surface area contributed by atoms with Crippen LogP contribution in [0.5, 0.6) is 0 Å². The smallest absolute Gasteiger partial charge is 0.265 e. The molecule has 1 saturated heterocycles. The quantitative estimate of drug-likeness (QED) is 0.836. The van der Waals surface area contributed by atoms with Crippen molar-refractivity contribution in [2.45, 2.75) is 12.3 Å². The summed E-state index contributed by atoms with van der Waals surface area (Å²) < 4.78 is 1.92. The van der Waals surface area contributed by atoms with Crippen molar-refractivity contribution >= 4 is 16.8 Å². The van der Waals surface area contributed by atoms with Gasteiger partial charge < -0.3 is 15.6 Å². The van der Waals surface area contributed by atoms with E-state index in [0.717, 1.165) is 36.0 Å². The first kappa shape index (κ1) is 11.3. The van der Waals surface area contributed by atoms with E-state index in [1.165, 1.54) is 0 Å². The van der Waals surface area contributed by atoms with Gasteiger partial charge in [0, 0.05) is 30.4 Å². The molecule has 3 N–H and O–H groups in total. The molecule has 94 valence electrons. The lowest BCUT2D eigenvalue weighted by Gasteiger charge is -2.10. The fourth-order valence-electron chi connectivity index (χ4n) is 3.03. The van der Waals surface area contributed by atoms with Gasteiger partial charge in [-0.15, -0.1) is 0 Å². The van der Waals surface area contributed by atoms with E-state index in [1.807, 2.05) is 29.8 Å². The third kappa shape index (κ3) is 1.53. The fraction of sp³-hybridized carbons (Fsp3) is 0.357. The van der Waals surface area contributed by atoms with Crippen molar-refractivity contribution in [3.8, 4) is 0 Å². The minimum absolute atomic E-state index is 0.337. The third-order valence-corrected chi connectivity index (χ3v) is 3.85. The number of benzene rings is 1. The summed E-state index contributed by atoms with van der Waals surface area (Å²) >= 11 is 0. The average molecular weight is 243 g/mol. The van der Waals surface area contributed by atoms with Crippen LogP contribution in [0, 0.1) is 0 Å². The van der Waals surface area contributed by atoms with Gasteiger partial charge in [-0.2, -0.15) is 0 Å². The van der Waals surface area contributed by atoms with E-state index in [1.54, 1.807) is 0 Å². The van der Waals surface area contributed by atoms with Gasteiger partial charge in [0.15, 0.2) is 0 Å². The van der Waals surface area contributed by atoms with Gasteiger partial charge >= 0.3 is 0 Å². The van der Waals surface area contributed by atoms with Crippen LogP contribution in [0.3, 0.4) is 0 Å². The number of hydrogen-bond donors (Lipinski definition) is 2. The Hall–Kier alpha value is -1.81. The van der Waals surface area contributed by atoms with Crippen LogP contribution in [0.4, 0.5) is 0 Å². The Morgan fingerprint density at radius 2 is 2.22 bits per heavy atom. The average Bonchev–Trinajstić information content (AvgIpc) is 2.96. The molecule has 2 heterocycles. The molecule has 1 amide bonds. The van der Waals surface area contributed by atoms with Crippen molar-refractivity contribution in [3.63, 3.8) is 0 Å². The van der Waals surface area contributed by atoms with E-state index in [9.17, 15) is 4.79 Å². The highest BCUT2D eigenvalue weighted by atomic mass is 16.1. The van der Waals surface area contributed by atoms with E-state index < -0.39 is 0 Å². The molecule has 4 heteroatoms. The highest BCUT2D eigenvalue weighted by Gasteiger charge is 2.27. The highest BCUT2D eigenvalue weighted by molar-refractivity contribution is 6.01. The zero-order chi connectivity index (χ0) is 12.7. The van der Waals surface area contributed by atoms with Gasteiger partial charge in [0.1, 0.15) is 5.69 Å². The monoisotopic (exact) mass is 243 g/mol. The van der Waals surface area contributed by atoms with Crippen molar-refractivity contribution < 1.29 is 4.79 Å². The first-order valence-corrected chi connectivity index (χ1v) is 6.28. The number of carbonyl (C=O) groups is 1. The Kier molecular flexibility index (Phi) is 2.59. The lowest BCUT2D eigenvalue weighted by Crippen LogP contribution is -2.19. The summed E-state index contributed by atoms with van der Waals surface area (Å²) in [7, 11) is 1.91. The molecule has 0 radical (unpaired) electrons. The van der Waals surface area contributed by atoms with Crippen LogP contribution >= 0.6 is 0 Å². The number of nitrogens with one attached hydrogen (secondary N) is 1. The molecule has 18 heavy (non-hydrogen) atoms. The maximum atomic E-state index is 11.7. The second-order valence-corrected chi connectivity index (χ2v) is 4.89. The third-order valence-electron chi connectivity index (χ3n) is 3.85. The van der Waals surface area contributed by atoms with Crippen molar-refractivity contribution in [1.82, 2.24) is 9.88 Å². The van der Waals surface area contributed by atoms with Crippen molar-refractivity contribution in [3.05, 3.63) is 35.5 Å². The molecule has 1 aromatic carbocycles. The van der Waals surface area contributed by atoms with Crippen LogP contribution in [0.2, 0.25) is 0 Å². The summed E-state index contributed by atoms with van der Waals surface area (Å²) in [5, 5.41) is 4.50. The predicted molar refractivity (Wildman–Crippen MR) is 71.7 cm³/mol. The minimum Gasteiger partial charge on any atom is -0.364 e. The van der Waals surface area contributed by atoms with Crippen molar-refractivity contribution in [2.24, 2.45) is 12.8 Å². The molecule has 1 aliphatic heterocycles. The number of aryl methyl sites for hydroxylation is 1. The largest absolute Gasteiger partial charge is 0.364 e. The molecule has 1 unspecified atom stereocenters. The molecule has 0 aliphatic carbocycles. The molecule has 2 aromatic rings. The molecule has 1 aromatic heterocycles. The topological polar surface area (TPSA) is 60.0 Å². The molecule has 3 rings (SSSR count). The van der Waals surface area contributed by atoms with Crippen LogP contribution in [-0.4, -0.2) is 23.6 Å². The zero-order valence-corrected chi connectivity index (χ0v) is 10.4. The van der Waals surface area contributed by atoms with Gasteiger partial charge in [-0.05, 0) is 24.6 Å². The Labute approximate surface area is 106 Å². The normalized spacial score (nSPS) is 19.5. The van der Waals surface area contributed by atoms with E-state index >= 15 is 0 Å². The summed E-state index contributed by atoms with van der Waals surface area (Å²) in [4.78, 5) is 11.7. The van der Waals surface area contributed by atoms with Gasteiger partial charge in [-0.3, -0.25) is 4.79 Å². The molecule has 0 saturated carbocycles. The Bertz CT molecular complexity index is 609. The van der Waals surface area contributed by atoms with E-state index in [4.69, 9.17) is 5.73 Å². The molecular formula is C14H17N3O. The first-order chi connectivity index (χ1) is 8.70. The van der Waals surface area contributed by atoms with Crippen LogP contribution in [-0.2, 0) is 7.05 Å². The zero-order valence-electron chi connectivity index (χ0n) is 10.4. The molecule has 4 nitrogen and oxygen atoms in total. The fourth-order valence-corrected chi connectivity index (χ4v) is 3.03. The Balaban J connectivity index is 2.32. The molecule has 1 aliphatic rings.